The fraction of sp³-hybridized carbons (Fsp3) is 0.450. The van der Waals surface area contributed by atoms with E-state index in [2.05, 4.69) is 35.5 Å². The monoisotopic (exact) mass is 308 g/mol. The molecule has 3 aliphatic rings. The van der Waals surface area contributed by atoms with Gasteiger partial charge in [-0.25, -0.2) is 0 Å². The first-order chi connectivity index (χ1) is 11.1. The molecule has 0 radical (unpaired) electrons. The van der Waals surface area contributed by atoms with E-state index in [0.29, 0.717) is 5.92 Å². The molecule has 23 heavy (non-hydrogen) atoms. The van der Waals surface area contributed by atoms with Crippen LogP contribution in [0.15, 0.2) is 49.2 Å². The summed E-state index contributed by atoms with van der Waals surface area (Å²) in [5.41, 5.74) is 2.15. The molecule has 0 saturated carbocycles. The van der Waals surface area contributed by atoms with Gasteiger partial charge in [-0.05, 0) is 43.0 Å². The highest BCUT2D eigenvalue weighted by Crippen LogP contribution is 2.48. The molecule has 0 amide bonds. The molecule has 3 heteroatoms. The second kappa shape index (κ2) is 5.43. The molecule has 0 spiro atoms. The van der Waals surface area contributed by atoms with Crippen LogP contribution in [0.1, 0.15) is 31.4 Å². The zero-order valence-corrected chi connectivity index (χ0v) is 13.7. The van der Waals surface area contributed by atoms with Crippen LogP contribution in [0.4, 0.5) is 0 Å². The van der Waals surface area contributed by atoms with Crippen molar-refractivity contribution in [1.29, 1.82) is 0 Å². The second-order valence-electron chi connectivity index (χ2n) is 7.33. The standard InChI is InChI=1S/C20H24N2O/c1-3-20(2)13-22-11-9-14(20)12-18(22)19(23)16-8-10-21-17-7-5-4-6-15(16)17/h3-8,10,14,18-19,23H,1,9,11-13H2,2H3/t14?,18-,19-,20+/m1/s1. The highest BCUT2D eigenvalue weighted by molar-refractivity contribution is 5.82. The van der Waals surface area contributed by atoms with Crippen LogP contribution in [0.2, 0.25) is 0 Å². The summed E-state index contributed by atoms with van der Waals surface area (Å²) in [5.74, 6) is 0.623. The summed E-state index contributed by atoms with van der Waals surface area (Å²) in [4.78, 5) is 6.88. The third-order valence-electron chi connectivity index (χ3n) is 6.07. The summed E-state index contributed by atoms with van der Waals surface area (Å²) in [6.45, 7) is 8.44. The number of pyridine rings is 1. The average Bonchev–Trinajstić information content (AvgIpc) is 2.61. The van der Waals surface area contributed by atoms with Crippen LogP contribution in [0.25, 0.3) is 10.9 Å². The summed E-state index contributed by atoms with van der Waals surface area (Å²) < 4.78 is 0. The van der Waals surface area contributed by atoms with Gasteiger partial charge >= 0.3 is 0 Å². The van der Waals surface area contributed by atoms with Crippen molar-refractivity contribution in [2.75, 3.05) is 13.1 Å². The van der Waals surface area contributed by atoms with E-state index in [1.54, 1.807) is 0 Å². The van der Waals surface area contributed by atoms with E-state index in [1.807, 2.05) is 30.5 Å². The lowest BCUT2D eigenvalue weighted by atomic mass is 9.65. The summed E-state index contributed by atoms with van der Waals surface area (Å²) in [6, 6.07) is 10.3. The van der Waals surface area contributed by atoms with E-state index in [4.69, 9.17) is 0 Å². The Morgan fingerprint density at radius 2 is 2.22 bits per heavy atom. The van der Waals surface area contributed by atoms with E-state index in [1.165, 1.54) is 6.42 Å². The Labute approximate surface area is 137 Å². The number of benzene rings is 1. The molecule has 3 saturated heterocycles. The van der Waals surface area contributed by atoms with Gasteiger partial charge in [0.15, 0.2) is 0 Å². The third-order valence-corrected chi connectivity index (χ3v) is 6.07. The van der Waals surface area contributed by atoms with Gasteiger partial charge in [-0.15, -0.1) is 6.58 Å². The zero-order chi connectivity index (χ0) is 16.0. The van der Waals surface area contributed by atoms with Crippen molar-refractivity contribution in [2.24, 2.45) is 11.3 Å². The highest BCUT2D eigenvalue weighted by atomic mass is 16.3. The first-order valence-corrected chi connectivity index (χ1v) is 8.52. The summed E-state index contributed by atoms with van der Waals surface area (Å²) in [5, 5.41) is 12.2. The van der Waals surface area contributed by atoms with Gasteiger partial charge in [-0.2, -0.15) is 0 Å². The van der Waals surface area contributed by atoms with Crippen molar-refractivity contribution in [2.45, 2.75) is 31.9 Å². The maximum Gasteiger partial charge on any atom is 0.0952 e. The number of aliphatic hydroxyl groups excluding tert-OH is 1. The minimum Gasteiger partial charge on any atom is -0.387 e. The van der Waals surface area contributed by atoms with Crippen LogP contribution < -0.4 is 0 Å². The third kappa shape index (κ3) is 2.30. The van der Waals surface area contributed by atoms with E-state index in [9.17, 15) is 5.11 Å². The number of rotatable bonds is 3. The first-order valence-electron chi connectivity index (χ1n) is 8.52. The highest BCUT2D eigenvalue weighted by Gasteiger charge is 2.47. The topological polar surface area (TPSA) is 36.4 Å². The second-order valence-corrected chi connectivity index (χ2v) is 7.33. The van der Waals surface area contributed by atoms with Crippen molar-refractivity contribution in [1.82, 2.24) is 9.88 Å². The molecule has 1 aromatic heterocycles. The Hall–Kier alpha value is -1.71. The van der Waals surface area contributed by atoms with E-state index in [-0.39, 0.29) is 11.5 Å². The number of aromatic nitrogens is 1. The number of hydrogen-bond donors (Lipinski definition) is 1. The molecule has 0 aliphatic carbocycles. The molecule has 1 N–H and O–H groups in total. The number of piperidine rings is 3. The van der Waals surface area contributed by atoms with Gasteiger partial charge in [0.1, 0.15) is 0 Å². The number of aliphatic hydroxyl groups is 1. The molecule has 2 aromatic rings. The van der Waals surface area contributed by atoms with Crippen LogP contribution in [-0.4, -0.2) is 34.1 Å². The zero-order valence-electron chi connectivity index (χ0n) is 13.7. The van der Waals surface area contributed by atoms with Crippen LogP contribution in [-0.2, 0) is 0 Å². The maximum atomic E-state index is 11.1. The smallest absolute Gasteiger partial charge is 0.0952 e. The van der Waals surface area contributed by atoms with Gasteiger partial charge < -0.3 is 5.11 Å². The molecule has 1 aromatic carbocycles. The predicted molar refractivity (Wildman–Crippen MR) is 93.1 cm³/mol. The minimum atomic E-state index is -0.458. The Bertz CT molecular complexity index is 738. The van der Waals surface area contributed by atoms with Crippen molar-refractivity contribution in [3.8, 4) is 0 Å². The van der Waals surface area contributed by atoms with E-state index >= 15 is 0 Å². The molecule has 3 fully saturated rings. The number of nitrogens with zero attached hydrogens (tertiary/aromatic N) is 2. The van der Waals surface area contributed by atoms with Gasteiger partial charge in [0.05, 0.1) is 11.6 Å². The molecule has 3 nitrogen and oxygen atoms in total. The first kappa shape index (κ1) is 14.9. The van der Waals surface area contributed by atoms with Crippen LogP contribution in [0.5, 0.6) is 0 Å². The van der Waals surface area contributed by atoms with Gasteiger partial charge in [0.2, 0.25) is 0 Å². The molecule has 3 aliphatic heterocycles. The molecule has 5 atom stereocenters. The maximum absolute atomic E-state index is 11.1. The Morgan fingerprint density at radius 1 is 1.39 bits per heavy atom. The predicted octanol–water partition coefficient (Wildman–Crippen LogP) is 3.55. The normalized spacial score (nSPS) is 34.4. The average molecular weight is 308 g/mol. The summed E-state index contributed by atoms with van der Waals surface area (Å²) in [7, 11) is 0. The number of fused-ring (bicyclic) bond motifs is 4. The van der Waals surface area contributed by atoms with E-state index < -0.39 is 6.10 Å². The van der Waals surface area contributed by atoms with Gasteiger partial charge in [-0.3, -0.25) is 9.88 Å². The van der Waals surface area contributed by atoms with Crippen molar-refractivity contribution in [3.63, 3.8) is 0 Å². The SMILES string of the molecule is C=C[C@@]1(C)CN2CCC1C[C@@H]2[C@H](O)c1ccnc2ccccc12. The van der Waals surface area contributed by atoms with E-state index in [0.717, 1.165) is 36.0 Å². The minimum absolute atomic E-state index is 0.189. The van der Waals surface area contributed by atoms with Gasteiger partial charge in [-0.1, -0.05) is 31.2 Å². The molecule has 2 unspecified atom stereocenters. The fourth-order valence-electron chi connectivity index (χ4n) is 4.55. The summed E-state index contributed by atoms with van der Waals surface area (Å²) in [6.07, 6.45) is 5.72. The Kier molecular flexibility index (Phi) is 3.51. The van der Waals surface area contributed by atoms with Gasteiger partial charge in [0.25, 0.3) is 0 Å². The molecule has 2 bridgehead atoms. The van der Waals surface area contributed by atoms with Crippen molar-refractivity contribution >= 4 is 10.9 Å². The van der Waals surface area contributed by atoms with Crippen molar-refractivity contribution < 1.29 is 5.11 Å². The van der Waals surface area contributed by atoms with Crippen LogP contribution in [0.3, 0.4) is 0 Å². The van der Waals surface area contributed by atoms with Crippen LogP contribution in [0, 0.1) is 11.3 Å². The number of hydrogen-bond acceptors (Lipinski definition) is 3. The summed E-state index contributed by atoms with van der Waals surface area (Å²) >= 11 is 0. The lowest BCUT2D eigenvalue weighted by Crippen LogP contribution is -2.58. The molecule has 120 valence electrons. The van der Waals surface area contributed by atoms with Gasteiger partial charge in [0, 0.05) is 29.6 Å². The molecule has 5 rings (SSSR count). The molecule has 4 heterocycles. The Balaban J connectivity index is 1.68. The number of para-hydroxylation sites is 1. The quantitative estimate of drug-likeness (QED) is 0.881. The van der Waals surface area contributed by atoms with Crippen molar-refractivity contribution in [3.05, 3.63) is 54.7 Å². The largest absolute Gasteiger partial charge is 0.387 e. The van der Waals surface area contributed by atoms with Crippen LogP contribution >= 0.6 is 0 Å². The molecular formula is C20H24N2O. The lowest BCUT2D eigenvalue weighted by Gasteiger charge is -2.55. The fourth-order valence-corrected chi connectivity index (χ4v) is 4.55. The lowest BCUT2D eigenvalue weighted by molar-refractivity contribution is -0.0759. The molecular weight excluding hydrogens is 284 g/mol. The Morgan fingerprint density at radius 3 is 2.96 bits per heavy atom.